The Morgan fingerprint density at radius 2 is 2.00 bits per heavy atom. The molecule has 0 radical (unpaired) electrons. The Morgan fingerprint density at radius 3 is 2.55 bits per heavy atom. The summed E-state index contributed by atoms with van der Waals surface area (Å²) in [5.41, 5.74) is 1.68. The molecule has 114 valence electrons. The minimum atomic E-state index is 0.265. The van der Waals surface area contributed by atoms with Crippen molar-refractivity contribution in [2.75, 3.05) is 33.7 Å². The second-order valence-electron chi connectivity index (χ2n) is 7.07. The van der Waals surface area contributed by atoms with Crippen molar-refractivity contribution in [2.45, 2.75) is 45.1 Å². The van der Waals surface area contributed by atoms with E-state index in [0.29, 0.717) is 12.0 Å². The third-order valence-electron chi connectivity index (χ3n) is 4.67. The molecule has 4 heteroatoms. The van der Waals surface area contributed by atoms with Crippen LogP contribution in [0, 0.1) is 5.92 Å². The van der Waals surface area contributed by atoms with Gasteiger partial charge in [-0.2, -0.15) is 0 Å². The molecule has 1 unspecified atom stereocenters. The van der Waals surface area contributed by atoms with E-state index in [2.05, 4.69) is 60.8 Å². The van der Waals surface area contributed by atoms with Crippen LogP contribution < -0.4 is 5.32 Å². The second kappa shape index (κ2) is 6.27. The lowest BCUT2D eigenvalue weighted by Gasteiger charge is -2.37. The first kappa shape index (κ1) is 15.5. The molecule has 0 aliphatic carbocycles. The van der Waals surface area contributed by atoms with E-state index in [9.17, 15) is 0 Å². The first-order valence-corrected chi connectivity index (χ1v) is 7.82. The van der Waals surface area contributed by atoms with Crippen LogP contribution in [-0.2, 0) is 5.41 Å². The highest BCUT2D eigenvalue weighted by molar-refractivity contribution is 5.16. The molecule has 0 aromatic carbocycles. The summed E-state index contributed by atoms with van der Waals surface area (Å²) in [6, 6.07) is 0.495. The highest BCUT2D eigenvalue weighted by Crippen LogP contribution is 2.35. The molecule has 2 rings (SSSR count). The molecule has 2 heterocycles. The molecule has 1 N–H and O–H groups in total. The van der Waals surface area contributed by atoms with Crippen molar-refractivity contribution < 1.29 is 0 Å². The lowest BCUT2D eigenvalue weighted by molar-refractivity contribution is 0.244. The molecule has 1 aliphatic heterocycles. The number of likely N-dealkylation sites (N-methyl/N-ethyl adjacent to an activating group) is 1. The SMILES string of the molecule is CC(C)C(CN(C)C)n1cncc1C1(C)CCNCC1. The van der Waals surface area contributed by atoms with Crippen molar-refractivity contribution in [3.05, 3.63) is 18.2 Å². The second-order valence-corrected chi connectivity index (χ2v) is 7.07. The molecule has 4 nitrogen and oxygen atoms in total. The van der Waals surface area contributed by atoms with Gasteiger partial charge in [0.05, 0.1) is 6.33 Å². The van der Waals surface area contributed by atoms with Crippen LogP contribution in [-0.4, -0.2) is 48.2 Å². The summed E-state index contributed by atoms with van der Waals surface area (Å²) in [6.45, 7) is 10.3. The van der Waals surface area contributed by atoms with Gasteiger partial charge < -0.3 is 14.8 Å². The molecule has 0 spiro atoms. The zero-order valence-electron chi connectivity index (χ0n) is 13.7. The molecule has 0 amide bonds. The summed E-state index contributed by atoms with van der Waals surface area (Å²) in [4.78, 5) is 6.75. The highest BCUT2D eigenvalue weighted by atomic mass is 15.2. The van der Waals surface area contributed by atoms with Gasteiger partial charge in [-0.05, 0) is 45.9 Å². The van der Waals surface area contributed by atoms with Crippen LogP contribution in [0.5, 0.6) is 0 Å². The number of nitrogens with one attached hydrogen (secondary N) is 1. The molecular weight excluding hydrogens is 248 g/mol. The van der Waals surface area contributed by atoms with Crippen molar-refractivity contribution in [2.24, 2.45) is 5.92 Å². The summed E-state index contributed by atoms with van der Waals surface area (Å²) in [6.07, 6.45) is 6.53. The predicted molar refractivity (Wildman–Crippen MR) is 84.1 cm³/mol. The van der Waals surface area contributed by atoms with Gasteiger partial charge in [0.2, 0.25) is 0 Å². The number of aromatic nitrogens is 2. The Labute approximate surface area is 123 Å². The number of hydrogen-bond acceptors (Lipinski definition) is 3. The van der Waals surface area contributed by atoms with Crippen LogP contribution >= 0.6 is 0 Å². The Morgan fingerprint density at radius 1 is 1.35 bits per heavy atom. The van der Waals surface area contributed by atoms with E-state index in [-0.39, 0.29) is 5.41 Å². The normalized spacial score (nSPS) is 20.6. The van der Waals surface area contributed by atoms with Gasteiger partial charge >= 0.3 is 0 Å². The number of imidazole rings is 1. The summed E-state index contributed by atoms with van der Waals surface area (Å²) in [7, 11) is 4.30. The van der Waals surface area contributed by atoms with E-state index in [1.807, 2.05) is 6.33 Å². The zero-order chi connectivity index (χ0) is 14.8. The van der Waals surface area contributed by atoms with Crippen LogP contribution in [0.25, 0.3) is 0 Å². The molecule has 1 fully saturated rings. The molecule has 1 aromatic heterocycles. The van der Waals surface area contributed by atoms with E-state index in [0.717, 1.165) is 19.6 Å². The van der Waals surface area contributed by atoms with Gasteiger partial charge in [0.1, 0.15) is 0 Å². The number of piperidine rings is 1. The fourth-order valence-electron chi connectivity index (χ4n) is 3.27. The molecule has 1 aliphatic rings. The molecule has 20 heavy (non-hydrogen) atoms. The Balaban J connectivity index is 2.30. The van der Waals surface area contributed by atoms with Gasteiger partial charge in [-0.1, -0.05) is 20.8 Å². The smallest absolute Gasteiger partial charge is 0.0951 e. The minimum absolute atomic E-state index is 0.265. The van der Waals surface area contributed by atoms with Crippen LogP contribution in [0.1, 0.15) is 45.3 Å². The first-order chi connectivity index (χ1) is 9.44. The van der Waals surface area contributed by atoms with E-state index in [1.54, 1.807) is 0 Å². The van der Waals surface area contributed by atoms with E-state index in [4.69, 9.17) is 0 Å². The molecule has 1 aromatic rings. The molecule has 1 saturated heterocycles. The largest absolute Gasteiger partial charge is 0.329 e. The Bertz CT molecular complexity index is 416. The van der Waals surface area contributed by atoms with Gasteiger partial charge in [0.25, 0.3) is 0 Å². The molecule has 0 bridgehead atoms. The van der Waals surface area contributed by atoms with Gasteiger partial charge in [-0.25, -0.2) is 4.98 Å². The highest BCUT2D eigenvalue weighted by Gasteiger charge is 2.33. The summed E-state index contributed by atoms with van der Waals surface area (Å²) >= 11 is 0. The molecule has 1 atom stereocenters. The lowest BCUT2D eigenvalue weighted by Crippen LogP contribution is -2.40. The van der Waals surface area contributed by atoms with Crippen molar-refractivity contribution in [1.82, 2.24) is 19.8 Å². The summed E-state index contributed by atoms with van der Waals surface area (Å²) < 4.78 is 2.44. The zero-order valence-corrected chi connectivity index (χ0v) is 13.7. The Hall–Kier alpha value is -0.870. The third-order valence-corrected chi connectivity index (χ3v) is 4.67. The maximum Gasteiger partial charge on any atom is 0.0951 e. The summed E-state index contributed by atoms with van der Waals surface area (Å²) in [5, 5.41) is 3.47. The number of rotatable bonds is 5. The van der Waals surface area contributed by atoms with Gasteiger partial charge in [-0.15, -0.1) is 0 Å². The average Bonchev–Trinajstić information content (AvgIpc) is 2.86. The van der Waals surface area contributed by atoms with E-state index < -0.39 is 0 Å². The van der Waals surface area contributed by atoms with Crippen molar-refractivity contribution in [3.63, 3.8) is 0 Å². The monoisotopic (exact) mass is 278 g/mol. The quantitative estimate of drug-likeness (QED) is 0.897. The molecule has 0 saturated carbocycles. The summed E-state index contributed by atoms with van der Waals surface area (Å²) in [5.74, 6) is 0.607. The number of nitrogens with zero attached hydrogens (tertiary/aromatic N) is 3. The van der Waals surface area contributed by atoms with Crippen molar-refractivity contribution >= 4 is 0 Å². The van der Waals surface area contributed by atoms with Gasteiger partial charge in [-0.3, -0.25) is 0 Å². The fourth-order valence-corrected chi connectivity index (χ4v) is 3.27. The Kier molecular flexibility index (Phi) is 4.86. The van der Waals surface area contributed by atoms with E-state index in [1.165, 1.54) is 18.5 Å². The number of hydrogen-bond donors (Lipinski definition) is 1. The van der Waals surface area contributed by atoms with Crippen molar-refractivity contribution in [3.8, 4) is 0 Å². The minimum Gasteiger partial charge on any atom is -0.329 e. The van der Waals surface area contributed by atoms with Gasteiger partial charge in [0.15, 0.2) is 0 Å². The standard InChI is InChI=1S/C16H30N4/c1-13(2)14(11-19(4)5)20-12-18-10-15(20)16(3)6-8-17-9-7-16/h10,12-14,17H,6-9,11H2,1-5H3. The topological polar surface area (TPSA) is 33.1 Å². The first-order valence-electron chi connectivity index (χ1n) is 7.82. The van der Waals surface area contributed by atoms with E-state index >= 15 is 0 Å². The maximum atomic E-state index is 4.48. The fraction of sp³-hybridized carbons (Fsp3) is 0.812. The van der Waals surface area contributed by atoms with Crippen LogP contribution in [0.3, 0.4) is 0 Å². The molecular formula is C16H30N4. The van der Waals surface area contributed by atoms with Crippen molar-refractivity contribution in [1.29, 1.82) is 0 Å². The lowest BCUT2D eigenvalue weighted by atomic mass is 9.78. The van der Waals surface area contributed by atoms with Crippen LogP contribution in [0.2, 0.25) is 0 Å². The maximum absolute atomic E-state index is 4.48. The third kappa shape index (κ3) is 3.23. The average molecular weight is 278 g/mol. The van der Waals surface area contributed by atoms with Gasteiger partial charge in [0, 0.05) is 29.9 Å². The van der Waals surface area contributed by atoms with Crippen LogP contribution in [0.4, 0.5) is 0 Å². The predicted octanol–water partition coefficient (Wildman–Crippen LogP) is 2.28. The van der Waals surface area contributed by atoms with Crippen LogP contribution in [0.15, 0.2) is 12.5 Å².